The quantitative estimate of drug-likeness (QED) is 0.159. The molecule has 2 aliphatic heterocycles. The SMILES string of the molecule is Cc1ccc(-c2ccccc2)c(-c2ccc3c(c2)N(c2ccc(C(C)(C)C)cc2)c2cc(C)cc4c2B3c2sc3c(c2N4c2ccc(C(C)C)cc2)-c2ccc(C(C)(C)C)cc2C32c3ccccc3-c3ccccc32)c1. The highest BCUT2D eigenvalue weighted by Crippen LogP contribution is 2.67. The second-order valence-electron chi connectivity index (χ2n) is 24.4. The van der Waals surface area contributed by atoms with Gasteiger partial charge in [-0.25, -0.2) is 0 Å². The van der Waals surface area contributed by atoms with E-state index in [-0.39, 0.29) is 17.5 Å². The van der Waals surface area contributed by atoms with Crippen molar-refractivity contribution in [3.8, 4) is 44.5 Å². The van der Waals surface area contributed by atoms with E-state index in [0.29, 0.717) is 5.92 Å². The van der Waals surface area contributed by atoms with Crippen molar-refractivity contribution in [2.24, 2.45) is 0 Å². The highest BCUT2D eigenvalue weighted by molar-refractivity contribution is 7.30. The minimum absolute atomic E-state index is 0.0182. The Morgan fingerprint density at radius 1 is 0.461 bits per heavy atom. The second-order valence-corrected chi connectivity index (χ2v) is 25.5. The molecule has 14 rings (SSSR count). The first-order valence-electron chi connectivity index (χ1n) is 27.4. The van der Waals surface area contributed by atoms with E-state index in [0.717, 1.165) is 0 Å². The number of hydrogen-bond donors (Lipinski definition) is 0. The number of rotatable bonds is 5. The molecule has 2 aliphatic carbocycles. The zero-order valence-corrected chi connectivity index (χ0v) is 46.2. The lowest BCUT2D eigenvalue weighted by Crippen LogP contribution is -2.60. The van der Waals surface area contributed by atoms with Crippen LogP contribution in [-0.2, 0) is 16.2 Å². The minimum atomic E-state index is -0.500. The molecule has 0 atom stereocenters. The lowest BCUT2D eigenvalue weighted by molar-refractivity contribution is 0.588. The number of nitrogens with zero attached hydrogens (tertiary/aromatic N) is 2. The number of benzene rings is 9. The van der Waals surface area contributed by atoms with Crippen molar-refractivity contribution < 1.29 is 0 Å². The predicted molar refractivity (Wildman–Crippen MR) is 326 cm³/mol. The molecule has 0 saturated carbocycles. The standard InChI is InChI=1S/C72H63BN2S/c1-43(2)46-25-31-52(32-26-46)75-64-40-45(4)39-63-66(64)73(61-37-27-48(57-38-44(3)24-35-53(57)47-18-12-11-13-19-47)41-62(61)74(63)51-33-28-49(29-34-51)70(5,6)7)69-67(75)65-56-36-30-50(71(8,9)10)42-60(56)72(68(65)76-69)58-22-16-14-20-54(58)55-21-15-17-23-59(55)72/h11-43H,1-10H3. The lowest BCUT2D eigenvalue weighted by Gasteiger charge is -2.44. The van der Waals surface area contributed by atoms with Gasteiger partial charge in [0.1, 0.15) is 0 Å². The number of anilines is 6. The largest absolute Gasteiger partial charge is 0.311 e. The van der Waals surface area contributed by atoms with E-state index in [9.17, 15) is 0 Å². The molecule has 2 nitrogen and oxygen atoms in total. The fourth-order valence-corrected chi connectivity index (χ4v) is 15.2. The van der Waals surface area contributed by atoms with Gasteiger partial charge >= 0.3 is 0 Å². The average Bonchev–Trinajstić information content (AvgIpc) is 3.92. The Bertz CT molecular complexity index is 3970. The third-order valence-corrected chi connectivity index (χ3v) is 18.6. The fraction of sp³-hybridized carbons (Fsp3) is 0.194. The van der Waals surface area contributed by atoms with Gasteiger partial charge < -0.3 is 9.80 Å². The van der Waals surface area contributed by atoms with Crippen LogP contribution in [0.25, 0.3) is 44.5 Å². The van der Waals surface area contributed by atoms with E-state index in [4.69, 9.17) is 0 Å². The Morgan fingerprint density at radius 3 is 1.71 bits per heavy atom. The summed E-state index contributed by atoms with van der Waals surface area (Å²) in [5.74, 6) is 0.418. The Labute approximate surface area is 454 Å². The monoisotopic (exact) mass is 998 g/mol. The molecular weight excluding hydrogens is 936 g/mol. The van der Waals surface area contributed by atoms with Gasteiger partial charge in [-0.05, 0) is 162 Å². The Balaban J connectivity index is 1.11. The van der Waals surface area contributed by atoms with Crippen LogP contribution in [0.3, 0.4) is 0 Å². The topological polar surface area (TPSA) is 6.48 Å². The summed E-state index contributed by atoms with van der Waals surface area (Å²) in [4.78, 5) is 6.71. The third-order valence-electron chi connectivity index (χ3n) is 17.3. The van der Waals surface area contributed by atoms with Crippen LogP contribution < -0.4 is 25.5 Å². The summed E-state index contributed by atoms with van der Waals surface area (Å²) in [6.45, 7) is 23.1. The van der Waals surface area contributed by atoms with Gasteiger partial charge in [-0.3, -0.25) is 0 Å². The van der Waals surface area contributed by atoms with Crippen molar-refractivity contribution >= 4 is 67.9 Å². The van der Waals surface area contributed by atoms with Gasteiger partial charge in [0.2, 0.25) is 0 Å². The number of hydrogen-bond acceptors (Lipinski definition) is 3. The second kappa shape index (κ2) is 16.7. The van der Waals surface area contributed by atoms with Gasteiger partial charge in [-0.1, -0.05) is 213 Å². The van der Waals surface area contributed by atoms with Gasteiger partial charge in [0.15, 0.2) is 0 Å². The number of aryl methyl sites for hydroxylation is 2. The van der Waals surface area contributed by atoms with Crippen LogP contribution in [-0.4, -0.2) is 6.71 Å². The molecular formula is C72H63BN2S. The molecule has 1 spiro atoms. The van der Waals surface area contributed by atoms with Gasteiger partial charge in [0.25, 0.3) is 6.71 Å². The maximum Gasteiger partial charge on any atom is 0.264 e. The van der Waals surface area contributed by atoms with Gasteiger partial charge in [-0.15, -0.1) is 11.3 Å². The molecule has 9 aromatic carbocycles. The maximum absolute atomic E-state index is 2.68. The van der Waals surface area contributed by atoms with Crippen molar-refractivity contribution in [1.29, 1.82) is 0 Å². The summed E-state index contributed by atoms with van der Waals surface area (Å²) >= 11 is 2.07. The molecule has 0 radical (unpaired) electrons. The molecule has 3 heterocycles. The van der Waals surface area contributed by atoms with Crippen LogP contribution in [0.4, 0.5) is 34.1 Å². The van der Waals surface area contributed by atoms with E-state index in [2.05, 4.69) is 284 Å². The van der Waals surface area contributed by atoms with Crippen molar-refractivity contribution in [3.63, 3.8) is 0 Å². The third kappa shape index (κ3) is 6.72. The molecule has 0 amide bonds. The lowest BCUT2D eigenvalue weighted by atomic mass is 9.36. The normalized spacial score (nSPS) is 14.3. The average molecular weight is 999 g/mol. The molecule has 10 aromatic rings. The smallest absolute Gasteiger partial charge is 0.264 e. The molecule has 0 bridgehead atoms. The Hall–Kier alpha value is -7.66. The van der Waals surface area contributed by atoms with Gasteiger partial charge in [-0.2, -0.15) is 0 Å². The highest BCUT2D eigenvalue weighted by Gasteiger charge is 2.57. The van der Waals surface area contributed by atoms with E-state index in [1.807, 2.05) is 0 Å². The summed E-state index contributed by atoms with van der Waals surface area (Å²) in [5, 5.41) is 0. The Kier molecular flexibility index (Phi) is 10.3. The van der Waals surface area contributed by atoms with Crippen molar-refractivity contribution in [2.45, 2.75) is 91.4 Å². The first kappa shape index (κ1) is 46.8. The van der Waals surface area contributed by atoms with Crippen molar-refractivity contribution in [3.05, 3.63) is 244 Å². The molecule has 0 N–H and O–H groups in total. The van der Waals surface area contributed by atoms with Crippen molar-refractivity contribution in [1.82, 2.24) is 0 Å². The van der Waals surface area contributed by atoms with Crippen LogP contribution in [0.15, 0.2) is 194 Å². The van der Waals surface area contributed by atoms with E-state index < -0.39 is 5.41 Å². The van der Waals surface area contributed by atoms with E-state index >= 15 is 0 Å². The summed E-state index contributed by atoms with van der Waals surface area (Å²) in [6, 6.07) is 75.3. The molecule has 1 aromatic heterocycles. The predicted octanol–water partition coefficient (Wildman–Crippen LogP) is 17.8. The molecule has 76 heavy (non-hydrogen) atoms. The molecule has 4 aliphatic rings. The van der Waals surface area contributed by atoms with Gasteiger partial charge in [0.05, 0.1) is 11.1 Å². The van der Waals surface area contributed by atoms with Gasteiger partial charge in [0, 0.05) is 43.7 Å². The highest BCUT2D eigenvalue weighted by atomic mass is 32.1. The van der Waals surface area contributed by atoms with Crippen molar-refractivity contribution in [2.75, 3.05) is 9.80 Å². The summed E-state index contributed by atoms with van der Waals surface area (Å²) < 4.78 is 1.40. The molecule has 4 heteroatoms. The number of fused-ring (bicyclic) bond motifs is 15. The summed E-state index contributed by atoms with van der Waals surface area (Å²) in [5.41, 5.74) is 30.5. The fourth-order valence-electron chi connectivity index (χ4n) is 13.5. The first-order valence-corrected chi connectivity index (χ1v) is 28.2. The minimum Gasteiger partial charge on any atom is -0.311 e. The molecule has 370 valence electrons. The van der Waals surface area contributed by atoms with Crippen LogP contribution in [0.1, 0.15) is 111 Å². The molecule has 0 fully saturated rings. The van der Waals surface area contributed by atoms with Crippen LogP contribution in [0, 0.1) is 13.8 Å². The van der Waals surface area contributed by atoms with Crippen LogP contribution in [0.2, 0.25) is 0 Å². The van der Waals surface area contributed by atoms with Crippen LogP contribution >= 0.6 is 11.3 Å². The summed E-state index contributed by atoms with van der Waals surface area (Å²) in [7, 11) is 0. The molecule has 0 saturated heterocycles. The van der Waals surface area contributed by atoms with E-state index in [1.54, 1.807) is 0 Å². The summed E-state index contributed by atoms with van der Waals surface area (Å²) in [6.07, 6.45) is 0. The zero-order valence-electron chi connectivity index (χ0n) is 45.4. The van der Waals surface area contributed by atoms with E-state index in [1.165, 1.54) is 144 Å². The zero-order chi connectivity index (χ0) is 52.2. The number of thiophene rings is 1. The molecule has 0 unspecified atom stereocenters. The first-order chi connectivity index (χ1) is 36.6. The Morgan fingerprint density at radius 2 is 1.05 bits per heavy atom. The maximum atomic E-state index is 2.68. The van der Waals surface area contributed by atoms with Crippen LogP contribution in [0.5, 0.6) is 0 Å².